The Morgan fingerprint density at radius 2 is 2.05 bits per heavy atom. The van der Waals surface area contributed by atoms with Gasteiger partial charge in [0.05, 0.1) is 13.0 Å². The van der Waals surface area contributed by atoms with Crippen LogP contribution in [-0.4, -0.2) is 26.1 Å². The lowest BCUT2D eigenvalue weighted by molar-refractivity contribution is -0.121. The van der Waals surface area contributed by atoms with Crippen LogP contribution in [0.5, 0.6) is 5.75 Å². The lowest BCUT2D eigenvalue weighted by Crippen LogP contribution is -2.24. The van der Waals surface area contributed by atoms with Gasteiger partial charge in [-0.1, -0.05) is 25.1 Å². The Morgan fingerprint density at radius 3 is 2.68 bits per heavy atom. The third-order valence-electron chi connectivity index (χ3n) is 3.01. The molecule has 1 amide bonds. The van der Waals surface area contributed by atoms with Crippen LogP contribution in [0.2, 0.25) is 0 Å². The Bertz CT molecular complexity index is 389. The van der Waals surface area contributed by atoms with Crippen LogP contribution >= 0.6 is 0 Å². The molecule has 0 aromatic heterocycles. The number of amides is 1. The molecule has 4 heteroatoms. The van der Waals surface area contributed by atoms with Crippen LogP contribution in [0.3, 0.4) is 0 Å². The van der Waals surface area contributed by atoms with E-state index in [1.807, 2.05) is 32.2 Å². The van der Waals surface area contributed by atoms with Crippen molar-refractivity contribution in [3.05, 3.63) is 29.8 Å². The number of benzene rings is 1. The second-order valence-electron chi connectivity index (χ2n) is 4.34. The monoisotopic (exact) mass is 264 g/mol. The lowest BCUT2D eigenvalue weighted by atomic mass is 10.0. The van der Waals surface area contributed by atoms with E-state index in [0.717, 1.165) is 17.7 Å². The van der Waals surface area contributed by atoms with Gasteiger partial charge in [-0.05, 0) is 26.5 Å². The molecule has 2 N–H and O–H groups in total. The highest BCUT2D eigenvalue weighted by molar-refractivity contribution is 5.75. The third kappa shape index (κ3) is 4.91. The first-order chi connectivity index (χ1) is 9.22. The van der Waals surface area contributed by atoms with Crippen molar-refractivity contribution in [3.8, 4) is 5.75 Å². The van der Waals surface area contributed by atoms with Crippen molar-refractivity contribution in [3.63, 3.8) is 0 Å². The molecule has 106 valence electrons. The molecule has 1 aromatic rings. The topological polar surface area (TPSA) is 50.4 Å². The Labute approximate surface area is 115 Å². The van der Waals surface area contributed by atoms with Gasteiger partial charge in [-0.15, -0.1) is 0 Å². The quantitative estimate of drug-likeness (QED) is 0.757. The van der Waals surface area contributed by atoms with Crippen molar-refractivity contribution in [2.75, 3.05) is 20.2 Å². The van der Waals surface area contributed by atoms with Crippen LogP contribution in [0.1, 0.15) is 38.3 Å². The van der Waals surface area contributed by atoms with Crippen molar-refractivity contribution < 1.29 is 9.53 Å². The summed E-state index contributed by atoms with van der Waals surface area (Å²) < 4.78 is 5.74. The molecule has 0 spiro atoms. The van der Waals surface area contributed by atoms with E-state index in [-0.39, 0.29) is 11.9 Å². The molecule has 19 heavy (non-hydrogen) atoms. The summed E-state index contributed by atoms with van der Waals surface area (Å²) in [7, 11) is 1.94. The second kappa shape index (κ2) is 8.53. The number of ether oxygens (including phenoxy) is 1. The number of rotatable bonds is 8. The van der Waals surface area contributed by atoms with Crippen molar-refractivity contribution >= 4 is 5.91 Å². The Morgan fingerprint density at radius 1 is 1.32 bits per heavy atom. The van der Waals surface area contributed by atoms with Gasteiger partial charge in [0.25, 0.3) is 0 Å². The van der Waals surface area contributed by atoms with Gasteiger partial charge in [0, 0.05) is 18.2 Å². The van der Waals surface area contributed by atoms with Crippen LogP contribution in [0, 0.1) is 0 Å². The Balaban J connectivity index is 2.60. The maximum atomic E-state index is 11.4. The smallest absolute Gasteiger partial charge is 0.223 e. The number of carbonyl (C=O) groups is 1. The van der Waals surface area contributed by atoms with Crippen molar-refractivity contribution in [1.29, 1.82) is 0 Å². The molecule has 0 bridgehead atoms. The van der Waals surface area contributed by atoms with Gasteiger partial charge in [0.2, 0.25) is 5.91 Å². The molecule has 0 saturated heterocycles. The average molecular weight is 264 g/mol. The van der Waals surface area contributed by atoms with E-state index < -0.39 is 0 Å². The molecule has 0 saturated carbocycles. The minimum atomic E-state index is 0.0284. The van der Waals surface area contributed by atoms with E-state index in [4.69, 9.17) is 4.74 Å². The summed E-state index contributed by atoms with van der Waals surface area (Å²) in [5.41, 5.74) is 1.14. The summed E-state index contributed by atoms with van der Waals surface area (Å²) in [6, 6.07) is 8.25. The van der Waals surface area contributed by atoms with Gasteiger partial charge >= 0.3 is 0 Å². The second-order valence-corrected chi connectivity index (χ2v) is 4.34. The molecule has 1 unspecified atom stereocenters. The molecule has 0 radical (unpaired) electrons. The van der Waals surface area contributed by atoms with Gasteiger partial charge in [-0.2, -0.15) is 0 Å². The minimum Gasteiger partial charge on any atom is -0.493 e. The summed E-state index contributed by atoms with van der Waals surface area (Å²) in [6.45, 7) is 5.11. The average Bonchev–Trinajstić information content (AvgIpc) is 2.42. The molecule has 1 rings (SSSR count). The SMILES string of the molecule is CCNC(=O)CCOc1ccccc1C(CC)NC. The van der Waals surface area contributed by atoms with Gasteiger partial charge in [-0.25, -0.2) is 0 Å². The molecule has 1 aromatic carbocycles. The van der Waals surface area contributed by atoms with Gasteiger partial charge in [0.15, 0.2) is 0 Å². The van der Waals surface area contributed by atoms with E-state index >= 15 is 0 Å². The third-order valence-corrected chi connectivity index (χ3v) is 3.01. The zero-order valence-corrected chi connectivity index (χ0v) is 12.0. The summed E-state index contributed by atoms with van der Waals surface area (Å²) >= 11 is 0. The maximum Gasteiger partial charge on any atom is 0.223 e. The predicted molar refractivity (Wildman–Crippen MR) is 77.3 cm³/mol. The molecule has 1 atom stereocenters. The number of nitrogens with one attached hydrogen (secondary N) is 2. The van der Waals surface area contributed by atoms with E-state index in [0.29, 0.717) is 19.6 Å². The number of para-hydroxylation sites is 1. The van der Waals surface area contributed by atoms with Gasteiger partial charge < -0.3 is 15.4 Å². The van der Waals surface area contributed by atoms with E-state index in [2.05, 4.69) is 23.6 Å². The van der Waals surface area contributed by atoms with Crippen LogP contribution in [0.4, 0.5) is 0 Å². The van der Waals surface area contributed by atoms with Crippen molar-refractivity contribution in [1.82, 2.24) is 10.6 Å². The Hall–Kier alpha value is -1.55. The normalized spacial score (nSPS) is 11.9. The Kier molecular flexibility index (Phi) is 6.97. The highest BCUT2D eigenvalue weighted by Gasteiger charge is 2.12. The van der Waals surface area contributed by atoms with Crippen molar-refractivity contribution in [2.24, 2.45) is 0 Å². The van der Waals surface area contributed by atoms with E-state index in [9.17, 15) is 4.79 Å². The zero-order chi connectivity index (χ0) is 14.1. The molecular formula is C15H24N2O2. The lowest BCUT2D eigenvalue weighted by Gasteiger charge is -2.18. The van der Waals surface area contributed by atoms with Gasteiger partial charge in [-0.3, -0.25) is 4.79 Å². The molecule has 0 aliphatic heterocycles. The number of hydrogen-bond acceptors (Lipinski definition) is 3. The van der Waals surface area contributed by atoms with Crippen LogP contribution in [0.15, 0.2) is 24.3 Å². The van der Waals surface area contributed by atoms with E-state index in [1.165, 1.54) is 0 Å². The standard InChI is InChI=1S/C15H24N2O2/c1-4-13(16-3)12-8-6-7-9-14(12)19-11-10-15(18)17-5-2/h6-9,13,16H,4-5,10-11H2,1-3H3,(H,17,18). The molecule has 0 aliphatic rings. The molecular weight excluding hydrogens is 240 g/mol. The van der Waals surface area contributed by atoms with Gasteiger partial charge in [0.1, 0.15) is 5.75 Å². The fourth-order valence-electron chi connectivity index (χ4n) is 2.02. The zero-order valence-electron chi connectivity index (χ0n) is 12.0. The molecule has 4 nitrogen and oxygen atoms in total. The van der Waals surface area contributed by atoms with Crippen LogP contribution in [0.25, 0.3) is 0 Å². The summed E-state index contributed by atoms with van der Waals surface area (Å²) in [5.74, 6) is 0.883. The van der Waals surface area contributed by atoms with E-state index in [1.54, 1.807) is 0 Å². The minimum absolute atomic E-state index is 0.0284. The first kappa shape index (κ1) is 15.5. The summed E-state index contributed by atoms with van der Waals surface area (Å²) in [6.07, 6.45) is 1.38. The number of hydrogen-bond donors (Lipinski definition) is 2. The predicted octanol–water partition coefficient (Wildman–Crippen LogP) is 2.26. The fraction of sp³-hybridized carbons (Fsp3) is 0.533. The summed E-state index contributed by atoms with van der Waals surface area (Å²) in [5, 5.41) is 6.03. The molecule has 0 heterocycles. The number of carbonyl (C=O) groups excluding carboxylic acids is 1. The van der Waals surface area contributed by atoms with Crippen molar-refractivity contribution in [2.45, 2.75) is 32.7 Å². The van der Waals surface area contributed by atoms with Crippen LogP contribution in [-0.2, 0) is 4.79 Å². The fourth-order valence-corrected chi connectivity index (χ4v) is 2.02. The maximum absolute atomic E-state index is 11.4. The highest BCUT2D eigenvalue weighted by Crippen LogP contribution is 2.26. The summed E-state index contributed by atoms with van der Waals surface area (Å²) in [4.78, 5) is 11.4. The first-order valence-electron chi connectivity index (χ1n) is 6.88. The van der Waals surface area contributed by atoms with Crippen LogP contribution < -0.4 is 15.4 Å². The first-order valence-corrected chi connectivity index (χ1v) is 6.88. The molecule has 0 fully saturated rings. The largest absolute Gasteiger partial charge is 0.493 e. The highest BCUT2D eigenvalue weighted by atomic mass is 16.5. The molecule has 0 aliphatic carbocycles.